The first-order valence-electron chi connectivity index (χ1n) is 8.83. The highest BCUT2D eigenvalue weighted by molar-refractivity contribution is 7.99. The van der Waals surface area contributed by atoms with E-state index in [1.807, 2.05) is 5.38 Å². The summed E-state index contributed by atoms with van der Waals surface area (Å²) in [6, 6.07) is 8.72. The second-order valence-corrected chi connectivity index (χ2v) is 8.33. The van der Waals surface area contributed by atoms with Crippen molar-refractivity contribution >= 4 is 45.6 Å². The number of nitrogens with zero attached hydrogens (tertiary/aromatic N) is 2. The lowest BCUT2D eigenvalue weighted by atomic mass is 10.1. The lowest BCUT2D eigenvalue weighted by molar-refractivity contribution is -0.113. The predicted molar refractivity (Wildman–Crippen MR) is 111 cm³/mol. The second-order valence-electron chi connectivity index (χ2n) is 6.48. The Labute approximate surface area is 169 Å². The topological polar surface area (TPSA) is 92.6 Å². The first kappa shape index (κ1) is 18.7. The third-order valence-corrected chi connectivity index (χ3v) is 5.92. The first-order valence-corrected chi connectivity index (χ1v) is 10.9. The molecule has 4 rings (SSSR count). The number of nitrogens with one attached hydrogen (secondary N) is 2. The van der Waals surface area contributed by atoms with Crippen LogP contribution in [-0.4, -0.2) is 33.0 Å². The third kappa shape index (κ3) is 4.42. The van der Waals surface area contributed by atoms with Crippen LogP contribution in [0.2, 0.25) is 0 Å². The molecule has 0 bridgehead atoms. The average molecular weight is 415 g/mol. The number of hydrogen-bond acceptors (Lipinski definition) is 6. The van der Waals surface area contributed by atoms with Crippen LogP contribution >= 0.6 is 23.1 Å². The van der Waals surface area contributed by atoms with Crippen LogP contribution in [0.1, 0.15) is 28.9 Å². The molecule has 28 heavy (non-hydrogen) atoms. The third-order valence-electron chi connectivity index (χ3n) is 4.20. The largest absolute Gasteiger partial charge is 0.349 e. The van der Waals surface area contributed by atoms with Gasteiger partial charge in [-0.15, -0.1) is 23.1 Å². The lowest BCUT2D eigenvalue weighted by Gasteiger charge is -2.11. The molecule has 2 N–H and O–H groups in total. The Hall–Kier alpha value is -2.65. The quantitative estimate of drug-likeness (QED) is 0.620. The van der Waals surface area contributed by atoms with Crippen molar-refractivity contribution in [2.24, 2.45) is 0 Å². The zero-order chi connectivity index (χ0) is 19.5. The highest BCUT2D eigenvalue weighted by Crippen LogP contribution is 2.22. The van der Waals surface area contributed by atoms with E-state index in [2.05, 4.69) is 15.6 Å². The van der Waals surface area contributed by atoms with Gasteiger partial charge in [-0.1, -0.05) is 12.1 Å². The van der Waals surface area contributed by atoms with Gasteiger partial charge in [0.1, 0.15) is 0 Å². The van der Waals surface area contributed by atoms with Gasteiger partial charge in [-0.2, -0.15) is 0 Å². The molecule has 144 valence electrons. The van der Waals surface area contributed by atoms with Crippen LogP contribution < -0.4 is 16.2 Å². The number of anilines is 1. The molecule has 0 saturated heterocycles. The number of para-hydroxylation sites is 1. The fourth-order valence-electron chi connectivity index (χ4n) is 2.68. The standard InChI is InChI=1S/C19H18N4O3S2/c24-16(11-27-10-13-9-17(25)23-7-8-28-19(23)21-13)22-15-4-2-1-3-14(15)18(26)20-12-5-6-12/h1-4,7-9,12H,5-6,10-11H2,(H,20,26)(H,22,24). The summed E-state index contributed by atoms with van der Waals surface area (Å²) >= 11 is 2.77. The summed E-state index contributed by atoms with van der Waals surface area (Å²) in [5, 5.41) is 7.55. The molecule has 1 saturated carbocycles. The number of rotatable bonds is 7. The average Bonchev–Trinajstić information content (AvgIpc) is 3.35. The maximum absolute atomic E-state index is 12.3. The molecular formula is C19H18N4O3S2. The van der Waals surface area contributed by atoms with E-state index in [1.54, 1.807) is 30.5 Å². The van der Waals surface area contributed by atoms with Gasteiger partial charge >= 0.3 is 0 Å². The van der Waals surface area contributed by atoms with Crippen molar-refractivity contribution < 1.29 is 9.59 Å². The number of aromatic nitrogens is 2. The number of carbonyl (C=O) groups is 2. The maximum atomic E-state index is 12.3. The highest BCUT2D eigenvalue weighted by atomic mass is 32.2. The van der Waals surface area contributed by atoms with Gasteiger partial charge in [0, 0.05) is 29.4 Å². The number of fused-ring (bicyclic) bond motifs is 1. The van der Waals surface area contributed by atoms with E-state index in [-0.39, 0.29) is 29.2 Å². The Morgan fingerprint density at radius 1 is 1.29 bits per heavy atom. The number of benzene rings is 1. The van der Waals surface area contributed by atoms with E-state index >= 15 is 0 Å². The summed E-state index contributed by atoms with van der Waals surface area (Å²) in [7, 11) is 0. The van der Waals surface area contributed by atoms with Gasteiger partial charge in [-0.25, -0.2) is 4.98 Å². The Morgan fingerprint density at radius 2 is 2.11 bits per heavy atom. The maximum Gasteiger partial charge on any atom is 0.258 e. The fourth-order valence-corrected chi connectivity index (χ4v) is 4.13. The SMILES string of the molecule is O=C(CSCc1cc(=O)n2ccsc2n1)Nc1ccccc1C(=O)NC1CC1. The second kappa shape index (κ2) is 8.15. The molecule has 1 aromatic carbocycles. The van der Waals surface area contributed by atoms with Crippen molar-refractivity contribution in [3.8, 4) is 0 Å². The fraction of sp³-hybridized carbons (Fsp3) is 0.263. The van der Waals surface area contributed by atoms with Crippen molar-refractivity contribution in [1.82, 2.24) is 14.7 Å². The van der Waals surface area contributed by atoms with Gasteiger partial charge in [0.05, 0.1) is 22.7 Å². The number of hydrogen-bond donors (Lipinski definition) is 2. The van der Waals surface area contributed by atoms with Crippen LogP contribution in [0.15, 0.2) is 46.7 Å². The van der Waals surface area contributed by atoms with Crippen LogP contribution in [0.5, 0.6) is 0 Å². The molecule has 1 aliphatic carbocycles. The molecule has 0 unspecified atom stereocenters. The molecule has 0 spiro atoms. The minimum atomic E-state index is -0.203. The first-order chi connectivity index (χ1) is 13.6. The van der Waals surface area contributed by atoms with Crippen molar-refractivity contribution in [1.29, 1.82) is 0 Å². The zero-order valence-electron chi connectivity index (χ0n) is 14.9. The Morgan fingerprint density at radius 3 is 2.93 bits per heavy atom. The Bertz CT molecular complexity index is 1090. The normalized spacial score (nSPS) is 13.4. The minimum Gasteiger partial charge on any atom is -0.349 e. The smallest absolute Gasteiger partial charge is 0.258 e. The van der Waals surface area contributed by atoms with Gasteiger partial charge in [0.15, 0.2) is 4.96 Å². The molecule has 1 aliphatic rings. The summed E-state index contributed by atoms with van der Waals surface area (Å²) in [6.45, 7) is 0. The van der Waals surface area contributed by atoms with Gasteiger partial charge in [-0.05, 0) is 25.0 Å². The number of amides is 2. The van der Waals surface area contributed by atoms with Crippen LogP contribution in [0.25, 0.3) is 4.96 Å². The van der Waals surface area contributed by atoms with Gasteiger partial charge in [-0.3, -0.25) is 18.8 Å². The van der Waals surface area contributed by atoms with Crippen LogP contribution in [0.3, 0.4) is 0 Å². The molecule has 0 atom stereocenters. The molecule has 0 radical (unpaired) electrons. The molecule has 2 heterocycles. The van der Waals surface area contributed by atoms with Crippen molar-refractivity contribution in [2.45, 2.75) is 24.6 Å². The van der Waals surface area contributed by atoms with E-state index in [1.165, 1.54) is 33.6 Å². The monoisotopic (exact) mass is 414 g/mol. The van der Waals surface area contributed by atoms with Crippen molar-refractivity contribution in [3.63, 3.8) is 0 Å². The molecule has 1 fully saturated rings. The van der Waals surface area contributed by atoms with E-state index in [9.17, 15) is 14.4 Å². The molecular weight excluding hydrogens is 396 g/mol. The molecule has 7 nitrogen and oxygen atoms in total. The molecule has 0 aliphatic heterocycles. The Balaban J connectivity index is 1.34. The number of thioether (sulfide) groups is 1. The number of thiazole rings is 1. The number of carbonyl (C=O) groups excluding carboxylic acids is 2. The lowest BCUT2D eigenvalue weighted by Crippen LogP contribution is -2.27. The Kier molecular flexibility index (Phi) is 5.45. The van der Waals surface area contributed by atoms with Crippen LogP contribution in [-0.2, 0) is 10.5 Å². The van der Waals surface area contributed by atoms with E-state index < -0.39 is 0 Å². The molecule has 2 amide bonds. The zero-order valence-corrected chi connectivity index (χ0v) is 16.5. The minimum absolute atomic E-state index is 0.123. The van der Waals surface area contributed by atoms with Gasteiger partial charge in [0.2, 0.25) is 5.91 Å². The molecule has 9 heteroatoms. The summed E-state index contributed by atoms with van der Waals surface area (Å²) in [6.07, 6.45) is 3.70. The summed E-state index contributed by atoms with van der Waals surface area (Å²) < 4.78 is 1.50. The molecule has 3 aromatic rings. The predicted octanol–water partition coefficient (Wildman–Crippen LogP) is 2.52. The van der Waals surface area contributed by atoms with E-state index in [4.69, 9.17) is 0 Å². The van der Waals surface area contributed by atoms with Gasteiger partial charge < -0.3 is 10.6 Å². The van der Waals surface area contributed by atoms with E-state index in [0.29, 0.717) is 27.7 Å². The van der Waals surface area contributed by atoms with Crippen LogP contribution in [0, 0.1) is 0 Å². The summed E-state index contributed by atoms with van der Waals surface area (Å²) in [5.41, 5.74) is 1.49. The van der Waals surface area contributed by atoms with Crippen molar-refractivity contribution in [2.75, 3.05) is 11.1 Å². The summed E-state index contributed by atoms with van der Waals surface area (Å²) in [4.78, 5) is 41.7. The van der Waals surface area contributed by atoms with E-state index in [0.717, 1.165) is 12.8 Å². The van der Waals surface area contributed by atoms with Crippen molar-refractivity contribution in [3.05, 3.63) is 63.5 Å². The van der Waals surface area contributed by atoms with Crippen LogP contribution in [0.4, 0.5) is 5.69 Å². The molecule has 2 aromatic heterocycles. The van der Waals surface area contributed by atoms with Gasteiger partial charge in [0.25, 0.3) is 11.5 Å². The highest BCUT2D eigenvalue weighted by Gasteiger charge is 2.25. The summed E-state index contributed by atoms with van der Waals surface area (Å²) in [5.74, 6) is 0.288.